The molecule has 1 aromatic heterocycles. The summed E-state index contributed by atoms with van der Waals surface area (Å²) in [7, 11) is 0. The van der Waals surface area contributed by atoms with Crippen LogP contribution in [0.2, 0.25) is 0 Å². The minimum atomic E-state index is -0.429. The van der Waals surface area contributed by atoms with Crippen molar-refractivity contribution in [1.29, 1.82) is 0 Å². The van der Waals surface area contributed by atoms with E-state index in [1.165, 1.54) is 0 Å². The maximum Gasteiger partial charge on any atom is 0.410 e. The number of hydrogen-bond acceptors (Lipinski definition) is 4. The van der Waals surface area contributed by atoms with Crippen molar-refractivity contribution in [3.8, 4) is 0 Å². The molecule has 1 aliphatic heterocycles. The lowest BCUT2D eigenvalue weighted by molar-refractivity contribution is 0.0226. The Kier molecular flexibility index (Phi) is 5.83. The van der Waals surface area contributed by atoms with E-state index in [0.29, 0.717) is 0 Å². The van der Waals surface area contributed by atoms with Crippen LogP contribution in [0.1, 0.15) is 40.0 Å². The molecule has 1 aliphatic rings. The summed E-state index contributed by atoms with van der Waals surface area (Å²) in [6.07, 6.45) is 6.71. The molecule has 1 atom stereocenters. The highest BCUT2D eigenvalue weighted by molar-refractivity contribution is 5.69. The average molecular weight is 308 g/mol. The van der Waals surface area contributed by atoms with Crippen molar-refractivity contribution in [3.63, 3.8) is 0 Å². The normalized spacial score (nSPS) is 18.7. The molecule has 1 saturated heterocycles. The van der Waals surface area contributed by atoms with Gasteiger partial charge in [0, 0.05) is 38.1 Å². The fraction of sp³-hybridized carbons (Fsp3) is 0.750. The molecule has 0 aromatic carbocycles. The summed E-state index contributed by atoms with van der Waals surface area (Å²) in [6.45, 7) is 9.20. The zero-order valence-electron chi connectivity index (χ0n) is 13.9. The third kappa shape index (κ3) is 5.33. The topological polar surface area (TPSA) is 59.4 Å². The molecule has 2 rings (SSSR count). The number of carbonyl (C=O) groups is 1. The third-order valence-electron chi connectivity index (χ3n) is 3.69. The van der Waals surface area contributed by atoms with Gasteiger partial charge in [0.25, 0.3) is 0 Å². The Morgan fingerprint density at radius 2 is 2.27 bits per heavy atom. The predicted molar refractivity (Wildman–Crippen MR) is 85.7 cm³/mol. The number of likely N-dealkylation sites (tertiary alicyclic amines) is 1. The van der Waals surface area contributed by atoms with Crippen LogP contribution in [0.25, 0.3) is 0 Å². The Labute approximate surface area is 132 Å². The van der Waals surface area contributed by atoms with Crippen LogP contribution in [0.15, 0.2) is 18.5 Å². The van der Waals surface area contributed by atoms with E-state index in [1.54, 1.807) is 6.20 Å². The fourth-order valence-electron chi connectivity index (χ4n) is 2.68. The largest absolute Gasteiger partial charge is 0.444 e. The lowest BCUT2D eigenvalue weighted by Crippen LogP contribution is -2.44. The number of ether oxygens (including phenoxy) is 1. The van der Waals surface area contributed by atoms with Crippen molar-refractivity contribution in [2.45, 2.75) is 58.2 Å². The minimum absolute atomic E-state index is 0.187. The van der Waals surface area contributed by atoms with Gasteiger partial charge in [-0.05, 0) is 52.6 Å². The van der Waals surface area contributed by atoms with Crippen LogP contribution in [-0.2, 0) is 11.3 Å². The molecule has 0 aliphatic carbocycles. The van der Waals surface area contributed by atoms with Crippen molar-refractivity contribution in [1.82, 2.24) is 20.0 Å². The van der Waals surface area contributed by atoms with E-state index in [9.17, 15) is 4.79 Å². The summed E-state index contributed by atoms with van der Waals surface area (Å²) >= 11 is 0. The molecule has 1 amide bonds. The van der Waals surface area contributed by atoms with Crippen molar-refractivity contribution < 1.29 is 9.53 Å². The summed E-state index contributed by atoms with van der Waals surface area (Å²) in [5.74, 6) is 0. The summed E-state index contributed by atoms with van der Waals surface area (Å²) in [6, 6.07) is 2.18. The SMILES string of the molecule is CC(C)(C)OC(=O)N1CCCC1CNCCCn1cccn1. The highest BCUT2D eigenvalue weighted by atomic mass is 16.6. The molecule has 0 saturated carbocycles. The number of carbonyl (C=O) groups excluding carboxylic acids is 1. The summed E-state index contributed by atoms with van der Waals surface area (Å²) in [5, 5.41) is 7.63. The summed E-state index contributed by atoms with van der Waals surface area (Å²) in [4.78, 5) is 14.0. The van der Waals surface area contributed by atoms with E-state index in [1.807, 2.05) is 42.6 Å². The van der Waals surface area contributed by atoms with E-state index in [0.717, 1.165) is 45.4 Å². The van der Waals surface area contributed by atoms with Crippen LogP contribution in [-0.4, -0.2) is 52.1 Å². The number of rotatable bonds is 6. The molecule has 0 radical (unpaired) electrons. The third-order valence-corrected chi connectivity index (χ3v) is 3.69. The van der Waals surface area contributed by atoms with Gasteiger partial charge in [-0.3, -0.25) is 4.68 Å². The molecule has 0 spiro atoms. The van der Waals surface area contributed by atoms with Crippen molar-refractivity contribution in [3.05, 3.63) is 18.5 Å². The molecule has 1 N–H and O–H groups in total. The summed E-state index contributed by atoms with van der Waals surface area (Å²) < 4.78 is 7.41. The second-order valence-electron chi connectivity index (χ2n) is 6.80. The molecule has 0 bridgehead atoms. The lowest BCUT2D eigenvalue weighted by Gasteiger charge is -2.28. The van der Waals surface area contributed by atoms with Crippen LogP contribution < -0.4 is 5.32 Å². The van der Waals surface area contributed by atoms with Gasteiger partial charge in [-0.25, -0.2) is 4.79 Å². The Bertz CT molecular complexity index is 453. The van der Waals surface area contributed by atoms with Gasteiger partial charge in [0.2, 0.25) is 0 Å². The van der Waals surface area contributed by atoms with Crippen molar-refractivity contribution >= 4 is 6.09 Å². The predicted octanol–water partition coefficient (Wildman–Crippen LogP) is 2.26. The Balaban J connectivity index is 1.66. The molecule has 6 heteroatoms. The van der Waals surface area contributed by atoms with Gasteiger partial charge in [0.15, 0.2) is 0 Å². The first-order valence-electron chi connectivity index (χ1n) is 8.13. The monoisotopic (exact) mass is 308 g/mol. The molecule has 2 heterocycles. The molecule has 124 valence electrons. The highest BCUT2D eigenvalue weighted by Gasteiger charge is 2.31. The van der Waals surface area contributed by atoms with Gasteiger partial charge in [0.1, 0.15) is 5.60 Å². The maximum atomic E-state index is 12.2. The fourth-order valence-corrected chi connectivity index (χ4v) is 2.68. The van der Waals surface area contributed by atoms with Crippen LogP contribution in [0.5, 0.6) is 0 Å². The van der Waals surface area contributed by atoms with Gasteiger partial charge >= 0.3 is 6.09 Å². The standard InChI is InChI=1S/C16H28N4O2/c1-16(2,3)22-15(21)20-12-4-7-14(20)13-17-8-5-10-19-11-6-9-18-19/h6,9,11,14,17H,4-5,7-8,10,12-13H2,1-3H3. The van der Waals surface area contributed by atoms with Crippen LogP contribution in [0, 0.1) is 0 Å². The zero-order valence-corrected chi connectivity index (χ0v) is 13.9. The zero-order chi connectivity index (χ0) is 16.0. The maximum absolute atomic E-state index is 12.2. The van der Waals surface area contributed by atoms with Crippen LogP contribution >= 0.6 is 0 Å². The van der Waals surface area contributed by atoms with Crippen LogP contribution in [0.4, 0.5) is 4.79 Å². The second-order valence-corrected chi connectivity index (χ2v) is 6.80. The number of hydrogen-bond donors (Lipinski definition) is 1. The van der Waals surface area contributed by atoms with Crippen LogP contribution in [0.3, 0.4) is 0 Å². The number of nitrogens with zero attached hydrogens (tertiary/aromatic N) is 3. The molecule has 22 heavy (non-hydrogen) atoms. The number of aryl methyl sites for hydroxylation is 1. The van der Waals surface area contributed by atoms with Crippen molar-refractivity contribution in [2.24, 2.45) is 0 Å². The first-order chi connectivity index (χ1) is 10.5. The van der Waals surface area contributed by atoms with E-state index in [2.05, 4.69) is 10.4 Å². The van der Waals surface area contributed by atoms with E-state index >= 15 is 0 Å². The first-order valence-corrected chi connectivity index (χ1v) is 8.13. The van der Waals surface area contributed by atoms with E-state index in [-0.39, 0.29) is 12.1 Å². The minimum Gasteiger partial charge on any atom is -0.444 e. The molecule has 1 aromatic rings. The number of aromatic nitrogens is 2. The number of amides is 1. The molecular formula is C16H28N4O2. The Morgan fingerprint density at radius 1 is 1.45 bits per heavy atom. The average Bonchev–Trinajstić information content (AvgIpc) is 3.06. The highest BCUT2D eigenvalue weighted by Crippen LogP contribution is 2.20. The quantitative estimate of drug-likeness (QED) is 0.819. The van der Waals surface area contributed by atoms with Gasteiger partial charge < -0.3 is 15.0 Å². The van der Waals surface area contributed by atoms with Gasteiger partial charge in [-0.15, -0.1) is 0 Å². The van der Waals surface area contributed by atoms with E-state index < -0.39 is 5.60 Å². The van der Waals surface area contributed by atoms with Gasteiger partial charge in [-0.1, -0.05) is 0 Å². The van der Waals surface area contributed by atoms with Crippen molar-refractivity contribution in [2.75, 3.05) is 19.6 Å². The Hall–Kier alpha value is -1.56. The van der Waals surface area contributed by atoms with E-state index in [4.69, 9.17) is 4.74 Å². The van der Waals surface area contributed by atoms with Gasteiger partial charge in [-0.2, -0.15) is 5.10 Å². The first kappa shape index (κ1) is 16.8. The van der Waals surface area contributed by atoms with Gasteiger partial charge in [0.05, 0.1) is 0 Å². The second kappa shape index (κ2) is 7.63. The molecule has 6 nitrogen and oxygen atoms in total. The smallest absolute Gasteiger partial charge is 0.410 e. The molecule has 1 unspecified atom stereocenters. The molecule has 1 fully saturated rings. The molecular weight excluding hydrogens is 280 g/mol. The lowest BCUT2D eigenvalue weighted by atomic mass is 10.2. The summed E-state index contributed by atoms with van der Waals surface area (Å²) in [5.41, 5.74) is -0.429. The number of nitrogens with one attached hydrogen (secondary N) is 1. The Morgan fingerprint density at radius 3 is 2.95 bits per heavy atom.